The highest BCUT2D eigenvalue weighted by atomic mass is 16.4. The van der Waals surface area contributed by atoms with E-state index in [0.29, 0.717) is 19.5 Å². The van der Waals surface area contributed by atoms with Gasteiger partial charge in [-0.1, -0.05) is 19.8 Å². The number of aliphatic hydroxyl groups is 1. The SMILES string of the molecule is CCCCC(NC(=O)N1CCCC(CO)C1)C(=O)O. The van der Waals surface area contributed by atoms with E-state index >= 15 is 0 Å². The summed E-state index contributed by atoms with van der Waals surface area (Å²) in [5.74, 6) is -0.879. The predicted molar refractivity (Wildman–Crippen MR) is 70.9 cm³/mol. The fourth-order valence-electron chi connectivity index (χ4n) is 2.30. The van der Waals surface area contributed by atoms with Crippen molar-refractivity contribution < 1.29 is 19.8 Å². The second-order valence-corrected chi connectivity index (χ2v) is 5.12. The van der Waals surface area contributed by atoms with E-state index in [1.807, 2.05) is 6.92 Å². The van der Waals surface area contributed by atoms with Gasteiger partial charge in [-0.15, -0.1) is 0 Å². The lowest BCUT2D eigenvalue weighted by Gasteiger charge is -2.32. The quantitative estimate of drug-likeness (QED) is 0.674. The second-order valence-electron chi connectivity index (χ2n) is 5.12. The van der Waals surface area contributed by atoms with Crippen molar-refractivity contribution in [3.63, 3.8) is 0 Å². The number of rotatable bonds is 6. The van der Waals surface area contributed by atoms with Crippen molar-refractivity contribution in [2.24, 2.45) is 5.92 Å². The molecular weight excluding hydrogens is 248 g/mol. The molecule has 0 aromatic carbocycles. The fourth-order valence-corrected chi connectivity index (χ4v) is 2.30. The first-order valence-electron chi connectivity index (χ1n) is 6.97. The summed E-state index contributed by atoms with van der Waals surface area (Å²) >= 11 is 0. The van der Waals surface area contributed by atoms with Gasteiger partial charge in [0, 0.05) is 19.7 Å². The van der Waals surface area contributed by atoms with Crippen LogP contribution < -0.4 is 5.32 Å². The molecule has 2 amide bonds. The number of aliphatic hydroxyl groups excluding tert-OH is 1. The topological polar surface area (TPSA) is 89.9 Å². The van der Waals surface area contributed by atoms with Crippen LogP contribution in [0.25, 0.3) is 0 Å². The summed E-state index contributed by atoms with van der Waals surface area (Å²) in [6.45, 7) is 3.18. The molecule has 0 aromatic heterocycles. The first-order chi connectivity index (χ1) is 9.08. The minimum Gasteiger partial charge on any atom is -0.480 e. The number of carboxylic acid groups (broad SMARTS) is 1. The van der Waals surface area contributed by atoms with Gasteiger partial charge < -0.3 is 20.4 Å². The maximum Gasteiger partial charge on any atom is 0.326 e. The van der Waals surface area contributed by atoms with Crippen molar-refractivity contribution in [3.05, 3.63) is 0 Å². The zero-order chi connectivity index (χ0) is 14.3. The van der Waals surface area contributed by atoms with E-state index in [4.69, 9.17) is 10.2 Å². The van der Waals surface area contributed by atoms with Crippen molar-refractivity contribution in [1.29, 1.82) is 0 Å². The van der Waals surface area contributed by atoms with E-state index in [1.165, 1.54) is 0 Å². The summed E-state index contributed by atoms with van der Waals surface area (Å²) in [5.41, 5.74) is 0. The number of nitrogens with zero attached hydrogens (tertiary/aromatic N) is 1. The number of carbonyl (C=O) groups excluding carboxylic acids is 1. The Morgan fingerprint density at radius 1 is 1.47 bits per heavy atom. The molecule has 0 bridgehead atoms. The number of unbranched alkanes of at least 4 members (excludes halogenated alkanes) is 1. The molecule has 2 unspecified atom stereocenters. The van der Waals surface area contributed by atoms with Crippen LogP contribution in [0.4, 0.5) is 4.79 Å². The third kappa shape index (κ3) is 5.06. The van der Waals surface area contributed by atoms with Gasteiger partial charge in [-0.2, -0.15) is 0 Å². The van der Waals surface area contributed by atoms with Gasteiger partial charge in [0.15, 0.2) is 0 Å². The second kappa shape index (κ2) is 7.99. The van der Waals surface area contributed by atoms with Gasteiger partial charge in [0.2, 0.25) is 0 Å². The summed E-state index contributed by atoms with van der Waals surface area (Å²) in [7, 11) is 0. The summed E-state index contributed by atoms with van der Waals surface area (Å²) in [6.07, 6.45) is 3.89. The summed E-state index contributed by atoms with van der Waals surface area (Å²) in [5, 5.41) is 20.8. The van der Waals surface area contributed by atoms with Gasteiger partial charge in [-0.25, -0.2) is 9.59 Å². The minimum atomic E-state index is -0.988. The number of carboxylic acids is 1. The number of carbonyl (C=O) groups is 2. The molecule has 3 N–H and O–H groups in total. The van der Waals surface area contributed by atoms with E-state index in [1.54, 1.807) is 4.90 Å². The fraction of sp³-hybridized carbons (Fsp3) is 0.846. The largest absolute Gasteiger partial charge is 0.480 e. The van der Waals surface area contributed by atoms with Gasteiger partial charge in [-0.05, 0) is 25.2 Å². The first-order valence-corrected chi connectivity index (χ1v) is 6.97. The highest BCUT2D eigenvalue weighted by Crippen LogP contribution is 2.16. The molecule has 1 heterocycles. The first kappa shape index (κ1) is 15.8. The highest BCUT2D eigenvalue weighted by Gasteiger charge is 2.26. The summed E-state index contributed by atoms with van der Waals surface area (Å²) in [6, 6.07) is -1.15. The van der Waals surface area contributed by atoms with Crippen LogP contribution in [0.2, 0.25) is 0 Å². The summed E-state index contributed by atoms with van der Waals surface area (Å²) < 4.78 is 0. The molecular formula is C13H24N2O4. The number of aliphatic carboxylic acids is 1. The normalized spacial score (nSPS) is 20.9. The van der Waals surface area contributed by atoms with Crippen molar-refractivity contribution in [1.82, 2.24) is 10.2 Å². The molecule has 0 spiro atoms. The molecule has 1 aliphatic heterocycles. The van der Waals surface area contributed by atoms with Crippen LogP contribution in [-0.4, -0.2) is 52.9 Å². The van der Waals surface area contributed by atoms with Gasteiger partial charge in [0.1, 0.15) is 6.04 Å². The molecule has 0 radical (unpaired) electrons. The predicted octanol–water partition coefficient (Wildman–Crippen LogP) is 1.04. The van der Waals surface area contributed by atoms with E-state index in [9.17, 15) is 9.59 Å². The summed E-state index contributed by atoms with van der Waals surface area (Å²) in [4.78, 5) is 24.7. The standard InChI is InChI=1S/C13H24N2O4/c1-2-3-6-11(12(17)18)14-13(19)15-7-4-5-10(8-15)9-16/h10-11,16H,2-9H2,1H3,(H,14,19)(H,17,18). The maximum atomic E-state index is 12.0. The van der Waals surface area contributed by atoms with Crippen molar-refractivity contribution in [3.8, 4) is 0 Å². The Morgan fingerprint density at radius 3 is 2.79 bits per heavy atom. The average Bonchev–Trinajstić information content (AvgIpc) is 2.42. The van der Waals surface area contributed by atoms with E-state index < -0.39 is 12.0 Å². The molecule has 2 atom stereocenters. The van der Waals surface area contributed by atoms with Crippen LogP contribution in [-0.2, 0) is 4.79 Å². The number of hydrogen-bond donors (Lipinski definition) is 3. The molecule has 0 saturated carbocycles. The third-order valence-electron chi connectivity index (χ3n) is 3.51. The molecule has 19 heavy (non-hydrogen) atoms. The van der Waals surface area contributed by atoms with Gasteiger partial charge in [0.05, 0.1) is 0 Å². The lowest BCUT2D eigenvalue weighted by atomic mass is 9.99. The lowest BCUT2D eigenvalue weighted by Crippen LogP contribution is -2.51. The molecule has 1 fully saturated rings. The Bertz CT molecular complexity index is 309. The highest BCUT2D eigenvalue weighted by molar-refractivity contribution is 5.82. The van der Waals surface area contributed by atoms with Crippen molar-refractivity contribution >= 4 is 12.0 Å². The van der Waals surface area contributed by atoms with Crippen LogP contribution >= 0.6 is 0 Å². The van der Waals surface area contributed by atoms with Crippen LogP contribution in [0, 0.1) is 5.92 Å². The van der Waals surface area contributed by atoms with E-state index in [-0.39, 0.29) is 18.6 Å². The smallest absolute Gasteiger partial charge is 0.326 e. The van der Waals surface area contributed by atoms with Gasteiger partial charge >= 0.3 is 12.0 Å². The number of likely N-dealkylation sites (tertiary alicyclic amines) is 1. The van der Waals surface area contributed by atoms with E-state index in [0.717, 1.165) is 25.7 Å². The Morgan fingerprint density at radius 2 is 2.21 bits per heavy atom. The van der Waals surface area contributed by atoms with Crippen LogP contribution in [0.1, 0.15) is 39.0 Å². The van der Waals surface area contributed by atoms with Crippen molar-refractivity contribution in [2.45, 2.75) is 45.1 Å². The monoisotopic (exact) mass is 272 g/mol. The van der Waals surface area contributed by atoms with Crippen molar-refractivity contribution in [2.75, 3.05) is 19.7 Å². The van der Waals surface area contributed by atoms with Crippen LogP contribution in [0.3, 0.4) is 0 Å². The molecule has 0 aromatic rings. The Hall–Kier alpha value is -1.30. The minimum absolute atomic E-state index is 0.0714. The Kier molecular flexibility index (Phi) is 6.62. The zero-order valence-electron chi connectivity index (χ0n) is 11.5. The molecule has 6 nitrogen and oxygen atoms in total. The Labute approximate surface area is 113 Å². The molecule has 0 aliphatic carbocycles. The van der Waals surface area contributed by atoms with Crippen LogP contribution in [0.5, 0.6) is 0 Å². The number of amides is 2. The molecule has 110 valence electrons. The number of nitrogens with one attached hydrogen (secondary N) is 1. The van der Waals surface area contributed by atoms with Crippen LogP contribution in [0.15, 0.2) is 0 Å². The number of hydrogen-bond acceptors (Lipinski definition) is 3. The molecule has 6 heteroatoms. The molecule has 1 rings (SSSR count). The van der Waals surface area contributed by atoms with Gasteiger partial charge in [0.25, 0.3) is 0 Å². The van der Waals surface area contributed by atoms with Gasteiger partial charge in [-0.3, -0.25) is 0 Å². The maximum absolute atomic E-state index is 12.0. The average molecular weight is 272 g/mol. The Balaban J connectivity index is 2.48. The lowest BCUT2D eigenvalue weighted by molar-refractivity contribution is -0.139. The number of urea groups is 1. The zero-order valence-corrected chi connectivity index (χ0v) is 11.5. The number of piperidine rings is 1. The third-order valence-corrected chi connectivity index (χ3v) is 3.51. The molecule has 1 saturated heterocycles. The van der Waals surface area contributed by atoms with E-state index in [2.05, 4.69) is 5.32 Å². The molecule has 1 aliphatic rings.